The van der Waals surface area contributed by atoms with Crippen LogP contribution in [0.1, 0.15) is 12.8 Å². The second kappa shape index (κ2) is 5.79. The molecule has 5 nitrogen and oxygen atoms in total. The third-order valence-corrected chi connectivity index (χ3v) is 3.81. The van der Waals surface area contributed by atoms with Gasteiger partial charge < -0.3 is 9.47 Å². The lowest BCUT2D eigenvalue weighted by atomic mass is 10.1. The number of ether oxygens (including phenoxy) is 2. The summed E-state index contributed by atoms with van der Waals surface area (Å²) < 4.78 is 34.4. The highest BCUT2D eigenvalue weighted by Crippen LogP contribution is 2.15. The lowest BCUT2D eigenvalue weighted by Gasteiger charge is -2.30. The molecule has 15 heavy (non-hydrogen) atoms. The Morgan fingerprint density at radius 1 is 1.27 bits per heavy atom. The zero-order chi connectivity index (χ0) is 11.3. The van der Waals surface area contributed by atoms with Gasteiger partial charge in [0.2, 0.25) is 10.0 Å². The number of hydrogen-bond acceptors (Lipinski definition) is 4. The molecule has 1 heterocycles. The summed E-state index contributed by atoms with van der Waals surface area (Å²) in [5, 5.41) is 0. The van der Waals surface area contributed by atoms with Gasteiger partial charge in [-0.25, -0.2) is 12.7 Å². The van der Waals surface area contributed by atoms with Crippen LogP contribution < -0.4 is 0 Å². The predicted octanol–water partition coefficient (Wildman–Crippen LogP) is 0.0734. The smallest absolute Gasteiger partial charge is 0.211 e. The van der Waals surface area contributed by atoms with Crippen LogP contribution in [-0.2, 0) is 19.5 Å². The minimum atomic E-state index is -3.02. The Kier molecular flexibility index (Phi) is 4.98. The van der Waals surface area contributed by atoms with Crippen molar-refractivity contribution in [2.75, 3.05) is 39.7 Å². The third kappa shape index (κ3) is 4.46. The van der Waals surface area contributed by atoms with Crippen molar-refractivity contribution in [1.82, 2.24) is 4.31 Å². The van der Waals surface area contributed by atoms with Crippen molar-refractivity contribution in [2.45, 2.75) is 18.9 Å². The Hall–Kier alpha value is -0.170. The summed E-state index contributed by atoms with van der Waals surface area (Å²) in [6.45, 7) is 2.30. The summed E-state index contributed by atoms with van der Waals surface area (Å²) in [5.74, 6) is 0. The number of rotatable bonds is 5. The van der Waals surface area contributed by atoms with E-state index in [4.69, 9.17) is 9.47 Å². The van der Waals surface area contributed by atoms with Crippen molar-refractivity contribution in [3.8, 4) is 0 Å². The molecule has 1 fully saturated rings. The number of methoxy groups -OCH3 is 1. The van der Waals surface area contributed by atoms with Gasteiger partial charge in [-0.1, -0.05) is 0 Å². The fraction of sp³-hybridized carbons (Fsp3) is 1.00. The van der Waals surface area contributed by atoms with Crippen LogP contribution in [0.5, 0.6) is 0 Å². The molecule has 6 heteroatoms. The van der Waals surface area contributed by atoms with E-state index in [0.717, 1.165) is 12.8 Å². The van der Waals surface area contributed by atoms with Crippen molar-refractivity contribution in [3.63, 3.8) is 0 Å². The van der Waals surface area contributed by atoms with Crippen LogP contribution in [0.25, 0.3) is 0 Å². The van der Waals surface area contributed by atoms with E-state index in [2.05, 4.69) is 0 Å². The normalized spacial score (nSPS) is 20.7. The van der Waals surface area contributed by atoms with Gasteiger partial charge in [0.15, 0.2) is 0 Å². The molecule has 0 aliphatic carbocycles. The van der Waals surface area contributed by atoms with Crippen LogP contribution in [0.3, 0.4) is 0 Å². The number of nitrogens with zero attached hydrogens (tertiary/aromatic N) is 1. The molecule has 1 rings (SSSR count). The largest absolute Gasteiger partial charge is 0.382 e. The van der Waals surface area contributed by atoms with Gasteiger partial charge in [0.1, 0.15) is 0 Å². The van der Waals surface area contributed by atoms with Gasteiger partial charge in [0, 0.05) is 20.2 Å². The van der Waals surface area contributed by atoms with Gasteiger partial charge in [-0.05, 0) is 12.8 Å². The minimum absolute atomic E-state index is 0.179. The average Bonchev–Trinajstić information content (AvgIpc) is 2.18. The molecule has 0 spiro atoms. The monoisotopic (exact) mass is 237 g/mol. The van der Waals surface area contributed by atoms with Crippen LogP contribution in [0.4, 0.5) is 0 Å². The first-order valence-corrected chi connectivity index (χ1v) is 6.94. The topological polar surface area (TPSA) is 55.8 Å². The SMILES string of the molecule is COCCOC1CCN(S(C)(=O)=O)CC1. The second-order valence-corrected chi connectivity index (χ2v) is 5.71. The zero-order valence-corrected chi connectivity index (χ0v) is 10.1. The van der Waals surface area contributed by atoms with Crippen molar-refractivity contribution >= 4 is 10.0 Å². The van der Waals surface area contributed by atoms with Gasteiger partial charge >= 0.3 is 0 Å². The molecular weight excluding hydrogens is 218 g/mol. The highest BCUT2D eigenvalue weighted by atomic mass is 32.2. The summed E-state index contributed by atoms with van der Waals surface area (Å²) in [5.41, 5.74) is 0. The predicted molar refractivity (Wildman–Crippen MR) is 57.3 cm³/mol. The zero-order valence-electron chi connectivity index (χ0n) is 9.31. The molecule has 0 N–H and O–H groups in total. The fourth-order valence-corrected chi connectivity index (χ4v) is 2.50. The highest BCUT2D eigenvalue weighted by Gasteiger charge is 2.24. The highest BCUT2D eigenvalue weighted by molar-refractivity contribution is 7.88. The standard InChI is InChI=1S/C9H19NO4S/c1-13-7-8-14-9-3-5-10(6-4-9)15(2,11)12/h9H,3-8H2,1-2H3. The van der Waals surface area contributed by atoms with Crippen molar-refractivity contribution in [3.05, 3.63) is 0 Å². The maximum Gasteiger partial charge on any atom is 0.211 e. The number of sulfonamides is 1. The van der Waals surface area contributed by atoms with Crippen molar-refractivity contribution in [1.29, 1.82) is 0 Å². The Morgan fingerprint density at radius 3 is 2.33 bits per heavy atom. The quantitative estimate of drug-likeness (QED) is 0.635. The summed E-state index contributed by atoms with van der Waals surface area (Å²) in [7, 11) is -1.39. The summed E-state index contributed by atoms with van der Waals surface area (Å²) >= 11 is 0. The van der Waals surface area contributed by atoms with E-state index in [-0.39, 0.29) is 6.10 Å². The number of piperidine rings is 1. The molecule has 0 aromatic carbocycles. The third-order valence-electron chi connectivity index (χ3n) is 2.51. The van der Waals surface area contributed by atoms with E-state index < -0.39 is 10.0 Å². The molecule has 0 saturated carbocycles. The van der Waals surface area contributed by atoms with E-state index in [1.165, 1.54) is 10.6 Å². The Labute approximate surface area is 91.4 Å². The molecule has 1 aliphatic rings. The Morgan fingerprint density at radius 2 is 1.87 bits per heavy atom. The molecule has 0 radical (unpaired) electrons. The minimum Gasteiger partial charge on any atom is -0.382 e. The van der Waals surface area contributed by atoms with Gasteiger partial charge in [-0.3, -0.25) is 0 Å². The van der Waals surface area contributed by atoms with Crippen molar-refractivity contribution < 1.29 is 17.9 Å². The van der Waals surface area contributed by atoms with Gasteiger partial charge in [-0.15, -0.1) is 0 Å². The summed E-state index contributed by atoms with van der Waals surface area (Å²) in [4.78, 5) is 0. The van der Waals surface area contributed by atoms with E-state index in [1.807, 2.05) is 0 Å². The van der Waals surface area contributed by atoms with Crippen LogP contribution >= 0.6 is 0 Å². The first kappa shape index (κ1) is 12.9. The van der Waals surface area contributed by atoms with Crippen molar-refractivity contribution in [2.24, 2.45) is 0 Å². The second-order valence-electron chi connectivity index (χ2n) is 3.72. The van der Waals surface area contributed by atoms with Crippen LogP contribution in [-0.4, -0.2) is 58.5 Å². The lowest BCUT2D eigenvalue weighted by Crippen LogP contribution is -2.40. The van der Waals surface area contributed by atoms with Gasteiger partial charge in [0.05, 0.1) is 25.6 Å². The molecule has 0 amide bonds. The molecule has 0 aromatic rings. The average molecular weight is 237 g/mol. The molecule has 0 unspecified atom stereocenters. The van der Waals surface area contributed by atoms with Gasteiger partial charge in [-0.2, -0.15) is 0 Å². The van der Waals surface area contributed by atoms with E-state index in [1.54, 1.807) is 7.11 Å². The van der Waals surface area contributed by atoms with Crippen LogP contribution in [0.2, 0.25) is 0 Å². The number of hydrogen-bond donors (Lipinski definition) is 0. The van der Waals surface area contributed by atoms with Crippen LogP contribution in [0, 0.1) is 0 Å². The summed E-state index contributed by atoms with van der Waals surface area (Å²) in [6, 6.07) is 0. The maximum absolute atomic E-state index is 11.2. The lowest BCUT2D eigenvalue weighted by molar-refractivity contribution is -0.00495. The molecule has 1 aliphatic heterocycles. The molecule has 1 saturated heterocycles. The first-order chi connectivity index (χ1) is 7.04. The first-order valence-electron chi connectivity index (χ1n) is 5.09. The molecule has 0 atom stereocenters. The van der Waals surface area contributed by atoms with Crippen LogP contribution in [0.15, 0.2) is 0 Å². The summed E-state index contributed by atoms with van der Waals surface area (Å²) in [6.07, 6.45) is 2.98. The molecule has 0 aromatic heterocycles. The Bertz CT molecular complexity index is 270. The fourth-order valence-electron chi connectivity index (χ4n) is 1.63. The maximum atomic E-state index is 11.2. The Balaban J connectivity index is 2.24. The molecule has 90 valence electrons. The van der Waals surface area contributed by atoms with E-state index in [9.17, 15) is 8.42 Å². The van der Waals surface area contributed by atoms with E-state index in [0.29, 0.717) is 26.3 Å². The molecule has 0 bridgehead atoms. The molecular formula is C9H19NO4S. The van der Waals surface area contributed by atoms with E-state index >= 15 is 0 Å². The van der Waals surface area contributed by atoms with Gasteiger partial charge in [0.25, 0.3) is 0 Å².